The molecular formula is C40H57N4O8. The molecule has 2 aliphatic rings. The first kappa shape index (κ1) is 40.6. The zero-order valence-corrected chi connectivity index (χ0v) is 31.8. The molecule has 0 saturated heterocycles. The molecular weight excluding hydrogens is 664 g/mol. The summed E-state index contributed by atoms with van der Waals surface area (Å²) in [6, 6.07) is 12.2. The van der Waals surface area contributed by atoms with E-state index >= 15 is 0 Å². The normalized spacial score (nSPS) is 17.6. The Kier molecular flexibility index (Phi) is 14.5. The molecule has 3 N–H and O–H groups in total. The molecule has 1 aliphatic heterocycles. The van der Waals surface area contributed by atoms with Crippen LogP contribution in [0.3, 0.4) is 0 Å². The number of nitrogens with one attached hydrogen (secondary N) is 3. The van der Waals surface area contributed by atoms with Gasteiger partial charge in [0, 0.05) is 25.9 Å². The average molecular weight is 722 g/mol. The Hall–Kier alpha value is -4.16. The van der Waals surface area contributed by atoms with Crippen LogP contribution < -0.4 is 20.7 Å². The standard InChI is InChI=1S/C40H57N4O8/c1-8-34(45)43-35(39(2,3)4)37(47)44-26-29-24-30(51-23-22-50-21-20-49-19-18-41-38(48)52-40(5,6)7)17-16-28(29)25-33(44)36(46)42-32-15-11-13-27-12-9-10-14-31(27)32/h8-10,12,14,16-17,24,32-33,35H,11,13,15,18-23,25-26H2,1-7H3,(H,41,48)(H,42,46)(H,43,45)/t32-,33+,35-/m1/s1. The number of aryl methyl sites for hydroxylation is 1. The van der Waals surface area contributed by atoms with Crippen molar-refractivity contribution in [3.8, 4) is 5.75 Å². The van der Waals surface area contributed by atoms with Gasteiger partial charge in [0.1, 0.15) is 30.0 Å². The minimum absolute atomic E-state index is 0.130. The van der Waals surface area contributed by atoms with Crippen molar-refractivity contribution in [1.29, 1.82) is 0 Å². The largest absolute Gasteiger partial charge is 0.491 e. The molecule has 1 heterocycles. The van der Waals surface area contributed by atoms with Crippen LogP contribution in [-0.2, 0) is 48.0 Å². The summed E-state index contributed by atoms with van der Waals surface area (Å²) in [5, 5.41) is 8.80. The molecule has 0 saturated carbocycles. The second kappa shape index (κ2) is 18.6. The van der Waals surface area contributed by atoms with Gasteiger partial charge in [-0.2, -0.15) is 0 Å². The number of rotatable bonds is 15. The van der Waals surface area contributed by atoms with Gasteiger partial charge in [-0.05, 0) is 79.8 Å². The molecule has 1 radical (unpaired) electrons. The van der Waals surface area contributed by atoms with Crippen molar-refractivity contribution in [1.82, 2.24) is 20.9 Å². The highest BCUT2D eigenvalue weighted by molar-refractivity contribution is 5.94. The van der Waals surface area contributed by atoms with E-state index in [1.807, 2.05) is 51.1 Å². The Labute approximate surface area is 308 Å². The van der Waals surface area contributed by atoms with Crippen LogP contribution in [0.2, 0.25) is 0 Å². The molecule has 0 fully saturated rings. The molecule has 12 nitrogen and oxygen atoms in total. The van der Waals surface area contributed by atoms with Crippen molar-refractivity contribution in [2.75, 3.05) is 39.6 Å². The quantitative estimate of drug-likeness (QED) is 0.222. The van der Waals surface area contributed by atoms with Crippen LogP contribution in [0.1, 0.15) is 89.6 Å². The van der Waals surface area contributed by atoms with E-state index in [0.717, 1.165) is 36.0 Å². The first-order valence-corrected chi connectivity index (χ1v) is 18.3. The third-order valence-electron chi connectivity index (χ3n) is 9.02. The van der Waals surface area contributed by atoms with E-state index < -0.39 is 29.2 Å². The summed E-state index contributed by atoms with van der Waals surface area (Å²) in [5.74, 6) is -0.227. The number of nitrogens with zero attached hydrogens (tertiary/aromatic N) is 1. The monoisotopic (exact) mass is 721 g/mol. The summed E-state index contributed by atoms with van der Waals surface area (Å²) >= 11 is 0. The molecule has 0 aromatic heterocycles. The number of fused-ring (bicyclic) bond motifs is 2. The third-order valence-corrected chi connectivity index (χ3v) is 9.02. The van der Waals surface area contributed by atoms with Gasteiger partial charge in [-0.25, -0.2) is 4.79 Å². The number of amides is 4. The smallest absolute Gasteiger partial charge is 0.407 e. The fourth-order valence-electron chi connectivity index (χ4n) is 6.41. The van der Waals surface area contributed by atoms with Crippen LogP contribution in [0.5, 0.6) is 5.75 Å². The van der Waals surface area contributed by atoms with Gasteiger partial charge in [0.15, 0.2) is 0 Å². The highest BCUT2D eigenvalue weighted by Crippen LogP contribution is 2.33. The van der Waals surface area contributed by atoms with E-state index in [1.54, 1.807) is 32.6 Å². The molecule has 12 heteroatoms. The van der Waals surface area contributed by atoms with E-state index in [9.17, 15) is 19.2 Å². The SMILES string of the molecule is C[CH]C(=O)N[C@H](C(=O)N1Cc2cc(OCCOCCOCCNC(=O)OC(C)(C)C)ccc2C[C@H]1C(=O)N[C@@H]1CCCc2ccccc21)C(C)(C)C. The van der Waals surface area contributed by atoms with Crippen LogP contribution in [0.4, 0.5) is 4.79 Å². The lowest BCUT2D eigenvalue weighted by Crippen LogP contribution is -2.60. The summed E-state index contributed by atoms with van der Waals surface area (Å²) in [6.07, 6.45) is 4.04. The Balaban J connectivity index is 1.37. The molecule has 2 aromatic rings. The number of benzene rings is 2. The van der Waals surface area contributed by atoms with Crippen molar-refractivity contribution >= 4 is 23.8 Å². The maximum atomic E-state index is 14.4. The van der Waals surface area contributed by atoms with Crippen molar-refractivity contribution < 1.29 is 38.1 Å². The number of hydrogen-bond acceptors (Lipinski definition) is 8. The topological polar surface area (TPSA) is 145 Å². The molecule has 52 heavy (non-hydrogen) atoms. The maximum absolute atomic E-state index is 14.4. The lowest BCUT2D eigenvalue weighted by Gasteiger charge is -2.41. The first-order valence-electron chi connectivity index (χ1n) is 18.3. The van der Waals surface area contributed by atoms with Crippen LogP contribution in [-0.4, -0.2) is 86.0 Å². The molecule has 2 aromatic carbocycles. The van der Waals surface area contributed by atoms with Crippen molar-refractivity contribution in [2.24, 2.45) is 5.41 Å². The summed E-state index contributed by atoms with van der Waals surface area (Å²) in [5.41, 5.74) is 3.06. The fraction of sp³-hybridized carbons (Fsp3) is 0.575. The van der Waals surface area contributed by atoms with Crippen LogP contribution >= 0.6 is 0 Å². The van der Waals surface area contributed by atoms with Crippen molar-refractivity contribution in [3.63, 3.8) is 0 Å². The summed E-state index contributed by atoms with van der Waals surface area (Å²) in [7, 11) is 0. The van der Waals surface area contributed by atoms with E-state index in [0.29, 0.717) is 51.7 Å². The highest BCUT2D eigenvalue weighted by atomic mass is 16.6. The van der Waals surface area contributed by atoms with Crippen LogP contribution in [0.25, 0.3) is 0 Å². The first-order chi connectivity index (χ1) is 24.7. The number of ether oxygens (including phenoxy) is 4. The highest BCUT2D eigenvalue weighted by Gasteiger charge is 2.42. The van der Waals surface area contributed by atoms with E-state index in [2.05, 4.69) is 28.1 Å². The third kappa shape index (κ3) is 11.9. The Bertz CT molecular complexity index is 1530. The predicted octanol–water partition coefficient (Wildman–Crippen LogP) is 4.83. The molecule has 3 atom stereocenters. The molecule has 0 bridgehead atoms. The molecule has 4 amide bonds. The Morgan fingerprint density at radius 3 is 2.33 bits per heavy atom. The van der Waals surface area contributed by atoms with Gasteiger partial charge in [0.05, 0.1) is 32.5 Å². The number of carbonyl (C=O) groups excluding carboxylic acids is 4. The predicted molar refractivity (Wildman–Crippen MR) is 197 cm³/mol. The number of carbonyl (C=O) groups is 4. The van der Waals surface area contributed by atoms with Gasteiger partial charge in [0.25, 0.3) is 0 Å². The van der Waals surface area contributed by atoms with Crippen LogP contribution in [0, 0.1) is 11.8 Å². The Morgan fingerprint density at radius 2 is 1.62 bits per heavy atom. The van der Waals surface area contributed by atoms with Gasteiger partial charge in [-0.1, -0.05) is 58.0 Å². The number of alkyl carbamates (subject to hydrolysis) is 1. The number of hydrogen-bond donors (Lipinski definition) is 3. The zero-order chi connectivity index (χ0) is 37.9. The van der Waals surface area contributed by atoms with Gasteiger partial charge < -0.3 is 39.8 Å². The molecule has 0 spiro atoms. The second-order valence-corrected chi connectivity index (χ2v) is 15.4. The summed E-state index contributed by atoms with van der Waals surface area (Å²) in [4.78, 5) is 54.3. The zero-order valence-electron chi connectivity index (χ0n) is 31.8. The van der Waals surface area contributed by atoms with Crippen molar-refractivity contribution in [3.05, 3.63) is 71.1 Å². The van der Waals surface area contributed by atoms with Gasteiger partial charge in [-0.3, -0.25) is 14.4 Å². The summed E-state index contributed by atoms with van der Waals surface area (Å²) in [6.45, 7) is 15.0. The second-order valence-electron chi connectivity index (χ2n) is 15.4. The molecule has 1 aliphatic carbocycles. The molecule has 4 rings (SSSR count). The van der Waals surface area contributed by atoms with E-state index in [-0.39, 0.29) is 30.3 Å². The Morgan fingerprint density at radius 1 is 0.904 bits per heavy atom. The lowest BCUT2D eigenvalue weighted by molar-refractivity contribution is -0.147. The van der Waals surface area contributed by atoms with Crippen molar-refractivity contribution in [2.45, 2.75) is 104 Å². The lowest BCUT2D eigenvalue weighted by atomic mass is 9.83. The fourth-order valence-corrected chi connectivity index (χ4v) is 6.41. The maximum Gasteiger partial charge on any atom is 0.407 e. The summed E-state index contributed by atoms with van der Waals surface area (Å²) < 4.78 is 22.3. The van der Waals surface area contributed by atoms with Gasteiger partial charge >= 0.3 is 6.09 Å². The van der Waals surface area contributed by atoms with Crippen LogP contribution in [0.15, 0.2) is 42.5 Å². The minimum Gasteiger partial charge on any atom is -0.491 e. The van der Waals surface area contributed by atoms with Gasteiger partial charge in [-0.15, -0.1) is 0 Å². The van der Waals surface area contributed by atoms with E-state index in [1.165, 1.54) is 12.0 Å². The minimum atomic E-state index is -0.842. The average Bonchev–Trinajstić information content (AvgIpc) is 3.09. The molecule has 0 unspecified atom stereocenters. The van der Waals surface area contributed by atoms with E-state index in [4.69, 9.17) is 18.9 Å². The van der Waals surface area contributed by atoms with Gasteiger partial charge in [0.2, 0.25) is 17.7 Å². The molecule has 285 valence electrons.